The van der Waals surface area contributed by atoms with Gasteiger partial charge in [-0.05, 0) is 6.42 Å². The summed E-state index contributed by atoms with van der Waals surface area (Å²) < 4.78 is 23.2. The molecule has 0 aromatic heterocycles. The Hall–Kier alpha value is -0.620. The monoisotopic (exact) mass is 260 g/mol. The van der Waals surface area contributed by atoms with Gasteiger partial charge in [0.2, 0.25) is 5.91 Å². The summed E-state index contributed by atoms with van der Waals surface area (Å²) in [7, 11) is -2.97. The molecule has 0 bridgehead atoms. The van der Waals surface area contributed by atoms with E-state index in [-0.39, 0.29) is 36.0 Å². The van der Waals surface area contributed by atoms with Crippen molar-refractivity contribution >= 4 is 15.7 Å². The van der Waals surface area contributed by atoms with E-state index in [2.05, 4.69) is 12.2 Å². The highest BCUT2D eigenvalue weighted by Crippen LogP contribution is 2.22. The molecule has 2 heterocycles. The van der Waals surface area contributed by atoms with Crippen molar-refractivity contribution in [2.45, 2.75) is 38.3 Å². The number of carbonyl (C=O) groups is 1. The normalized spacial score (nSPS) is 31.6. The molecule has 98 valence electrons. The Morgan fingerprint density at radius 1 is 1.35 bits per heavy atom. The van der Waals surface area contributed by atoms with Gasteiger partial charge in [0, 0.05) is 12.6 Å². The van der Waals surface area contributed by atoms with E-state index in [0.717, 1.165) is 19.3 Å². The molecule has 2 fully saturated rings. The Morgan fingerprint density at radius 2 is 2.12 bits per heavy atom. The van der Waals surface area contributed by atoms with Gasteiger partial charge in [-0.1, -0.05) is 19.8 Å². The summed E-state index contributed by atoms with van der Waals surface area (Å²) in [6.45, 7) is 3.09. The minimum absolute atomic E-state index is 0.0412. The van der Waals surface area contributed by atoms with Gasteiger partial charge in [-0.2, -0.15) is 0 Å². The van der Waals surface area contributed by atoms with Gasteiger partial charge in [-0.15, -0.1) is 0 Å². The average molecular weight is 260 g/mol. The second-order valence-corrected chi connectivity index (χ2v) is 7.08. The van der Waals surface area contributed by atoms with Gasteiger partial charge >= 0.3 is 0 Å². The number of hydrogen-bond acceptors (Lipinski definition) is 4. The van der Waals surface area contributed by atoms with Crippen molar-refractivity contribution in [1.29, 1.82) is 0 Å². The van der Waals surface area contributed by atoms with Crippen LogP contribution in [0.5, 0.6) is 0 Å². The zero-order chi connectivity index (χ0) is 12.5. The van der Waals surface area contributed by atoms with Gasteiger partial charge in [0.05, 0.1) is 24.1 Å². The second-order valence-electron chi connectivity index (χ2n) is 4.93. The number of sulfone groups is 1. The lowest BCUT2D eigenvalue weighted by Crippen LogP contribution is -2.60. The maximum Gasteiger partial charge on any atom is 0.236 e. The molecule has 2 aliphatic rings. The summed E-state index contributed by atoms with van der Waals surface area (Å²) in [5.41, 5.74) is 0. The topological polar surface area (TPSA) is 66.5 Å². The van der Waals surface area contributed by atoms with E-state index >= 15 is 0 Å². The fourth-order valence-corrected chi connectivity index (χ4v) is 4.61. The Kier molecular flexibility index (Phi) is 3.73. The quantitative estimate of drug-likeness (QED) is 0.709. The third kappa shape index (κ3) is 2.80. The molecule has 6 heteroatoms. The van der Waals surface area contributed by atoms with E-state index in [0.29, 0.717) is 6.54 Å². The summed E-state index contributed by atoms with van der Waals surface area (Å²) in [5.74, 6) is 0.344. The van der Waals surface area contributed by atoms with Crippen molar-refractivity contribution in [3.05, 3.63) is 0 Å². The number of carbonyl (C=O) groups excluding carboxylic acids is 1. The number of nitrogens with zero attached hydrogens (tertiary/aromatic N) is 1. The highest BCUT2D eigenvalue weighted by molar-refractivity contribution is 7.91. The van der Waals surface area contributed by atoms with Crippen molar-refractivity contribution in [1.82, 2.24) is 10.2 Å². The first-order chi connectivity index (χ1) is 8.03. The molecule has 0 saturated carbocycles. The molecule has 1 amide bonds. The van der Waals surface area contributed by atoms with Crippen LogP contribution in [0, 0.1) is 0 Å². The lowest BCUT2D eigenvalue weighted by molar-refractivity contribution is -0.135. The van der Waals surface area contributed by atoms with Gasteiger partial charge in [0.1, 0.15) is 0 Å². The third-order valence-corrected chi connectivity index (χ3v) is 5.28. The molecule has 17 heavy (non-hydrogen) atoms. The van der Waals surface area contributed by atoms with Crippen LogP contribution in [0.1, 0.15) is 26.2 Å². The van der Waals surface area contributed by atoms with Crippen LogP contribution in [-0.2, 0) is 14.6 Å². The molecular weight excluding hydrogens is 240 g/mol. The van der Waals surface area contributed by atoms with Crippen LogP contribution in [0.25, 0.3) is 0 Å². The molecule has 2 atom stereocenters. The van der Waals surface area contributed by atoms with Gasteiger partial charge in [-0.3, -0.25) is 4.79 Å². The number of unbranched alkanes of at least 4 members (excludes halogenated alkanes) is 2. The van der Waals surface area contributed by atoms with Gasteiger partial charge < -0.3 is 10.2 Å². The fraction of sp³-hybridized carbons (Fsp3) is 0.909. The van der Waals surface area contributed by atoms with Crippen molar-refractivity contribution in [3.8, 4) is 0 Å². The standard InChI is InChI=1S/C11H20N2O3S/c1-2-3-4-5-13-10-8-17(15,16)7-9(10)12-6-11(13)14/h9-10,12H,2-8H2,1H3. The van der Waals surface area contributed by atoms with Crippen LogP contribution in [0.2, 0.25) is 0 Å². The summed E-state index contributed by atoms with van der Waals surface area (Å²) in [4.78, 5) is 13.6. The molecule has 2 unspecified atom stereocenters. The van der Waals surface area contributed by atoms with E-state index in [4.69, 9.17) is 0 Å². The molecule has 2 rings (SSSR count). The van der Waals surface area contributed by atoms with E-state index in [1.165, 1.54) is 0 Å². The van der Waals surface area contributed by atoms with Crippen molar-refractivity contribution in [3.63, 3.8) is 0 Å². The van der Waals surface area contributed by atoms with Gasteiger partial charge in [-0.25, -0.2) is 8.42 Å². The van der Waals surface area contributed by atoms with Crippen LogP contribution >= 0.6 is 0 Å². The predicted octanol–water partition coefficient (Wildman–Crippen LogP) is -0.226. The largest absolute Gasteiger partial charge is 0.336 e. The molecule has 1 N–H and O–H groups in total. The zero-order valence-corrected chi connectivity index (χ0v) is 11.0. The lowest BCUT2D eigenvalue weighted by Gasteiger charge is -2.37. The highest BCUT2D eigenvalue weighted by atomic mass is 32.2. The Balaban J connectivity index is 2.04. The summed E-state index contributed by atoms with van der Waals surface area (Å²) in [6, 6.07) is -0.197. The minimum atomic E-state index is -2.97. The van der Waals surface area contributed by atoms with Crippen LogP contribution in [0.4, 0.5) is 0 Å². The van der Waals surface area contributed by atoms with Crippen LogP contribution in [0.3, 0.4) is 0 Å². The second kappa shape index (κ2) is 4.94. The Bertz CT molecular complexity index is 394. The van der Waals surface area contributed by atoms with Crippen molar-refractivity contribution < 1.29 is 13.2 Å². The fourth-order valence-electron chi connectivity index (χ4n) is 2.66. The Morgan fingerprint density at radius 3 is 2.82 bits per heavy atom. The minimum Gasteiger partial charge on any atom is -0.336 e. The van der Waals surface area contributed by atoms with E-state index in [1.807, 2.05) is 0 Å². The smallest absolute Gasteiger partial charge is 0.236 e. The van der Waals surface area contributed by atoms with Crippen LogP contribution in [-0.4, -0.2) is 55.9 Å². The Labute approximate surface area is 102 Å². The maximum absolute atomic E-state index is 11.8. The van der Waals surface area contributed by atoms with Crippen LogP contribution in [0.15, 0.2) is 0 Å². The first-order valence-electron chi connectivity index (χ1n) is 6.27. The number of rotatable bonds is 4. The number of hydrogen-bond donors (Lipinski definition) is 1. The lowest BCUT2D eigenvalue weighted by atomic mass is 10.1. The molecule has 5 nitrogen and oxygen atoms in total. The average Bonchev–Trinajstić information content (AvgIpc) is 2.56. The molecule has 2 aliphatic heterocycles. The number of amides is 1. The van der Waals surface area contributed by atoms with Crippen LogP contribution < -0.4 is 5.32 Å². The molecule has 0 aromatic carbocycles. The SMILES string of the molecule is CCCCCN1C(=O)CNC2CS(=O)(=O)CC21. The molecule has 0 aromatic rings. The zero-order valence-electron chi connectivity index (χ0n) is 10.2. The maximum atomic E-state index is 11.8. The van der Waals surface area contributed by atoms with E-state index in [9.17, 15) is 13.2 Å². The number of nitrogens with one attached hydrogen (secondary N) is 1. The first-order valence-corrected chi connectivity index (χ1v) is 8.09. The van der Waals surface area contributed by atoms with E-state index in [1.54, 1.807) is 4.90 Å². The predicted molar refractivity (Wildman–Crippen MR) is 65.5 cm³/mol. The first kappa shape index (κ1) is 12.8. The molecule has 0 radical (unpaired) electrons. The summed E-state index contributed by atoms with van der Waals surface area (Å²) in [6.07, 6.45) is 3.15. The van der Waals surface area contributed by atoms with E-state index < -0.39 is 9.84 Å². The molecule has 0 aliphatic carbocycles. The highest BCUT2D eigenvalue weighted by Gasteiger charge is 2.44. The van der Waals surface area contributed by atoms with Crippen molar-refractivity contribution in [2.75, 3.05) is 24.6 Å². The molecule has 0 spiro atoms. The number of piperazine rings is 1. The van der Waals surface area contributed by atoms with Gasteiger partial charge in [0.25, 0.3) is 0 Å². The number of fused-ring (bicyclic) bond motifs is 1. The molecular formula is C11H20N2O3S. The summed E-state index contributed by atoms with van der Waals surface area (Å²) >= 11 is 0. The van der Waals surface area contributed by atoms with Gasteiger partial charge in [0.15, 0.2) is 9.84 Å². The third-order valence-electron chi connectivity index (χ3n) is 3.56. The molecule has 2 saturated heterocycles. The van der Waals surface area contributed by atoms with Crippen molar-refractivity contribution in [2.24, 2.45) is 0 Å². The summed E-state index contributed by atoms with van der Waals surface area (Å²) in [5, 5.41) is 3.04.